The van der Waals surface area contributed by atoms with Crippen molar-refractivity contribution >= 4 is 43.5 Å². The summed E-state index contributed by atoms with van der Waals surface area (Å²) in [5.74, 6) is -2.42. The van der Waals surface area contributed by atoms with Crippen LogP contribution in [0, 0.1) is 0 Å². The molecule has 0 unspecified atom stereocenters. The second-order valence-corrected chi connectivity index (χ2v) is 12.8. The fourth-order valence-electron chi connectivity index (χ4n) is 6.57. The van der Waals surface area contributed by atoms with Crippen molar-refractivity contribution in [2.45, 2.75) is 77.9 Å². The number of aromatic carboxylic acids is 1. The zero-order valence-electron chi connectivity index (χ0n) is 31.5. The number of imide groups is 2. The molecule has 1 fully saturated rings. The van der Waals surface area contributed by atoms with Gasteiger partial charge in [-0.25, -0.2) is 4.79 Å². The maximum atomic E-state index is 12.8. The SMILES string of the molecule is CC.O=C(NC1CCCCC1)c1ccc2c(c1)CC(=O)N(Cc1ccccc1)C2=O.O=C(O)c1ccc2c(c1)CC(=O)N(Cc1ccccc1)C2=O.[3H][B]O. The van der Waals surface area contributed by atoms with Gasteiger partial charge in [0.05, 0.1) is 31.5 Å². The van der Waals surface area contributed by atoms with Crippen LogP contribution in [0.1, 0.15) is 110 Å². The molecule has 1 saturated carbocycles. The van der Waals surface area contributed by atoms with Gasteiger partial charge in [0.25, 0.3) is 25.7 Å². The first-order chi connectivity index (χ1) is 26.6. The number of amides is 5. The molecule has 4 aromatic rings. The van der Waals surface area contributed by atoms with E-state index in [9.17, 15) is 28.8 Å². The quantitative estimate of drug-likeness (QED) is 0.168. The molecule has 0 bridgehead atoms. The lowest BCUT2D eigenvalue weighted by atomic mass is 9.94. The Labute approximate surface area is 317 Å². The third-order valence-electron chi connectivity index (χ3n) is 9.26. The largest absolute Gasteiger partial charge is 0.478 e. The lowest BCUT2D eigenvalue weighted by molar-refractivity contribution is -0.129. The third-order valence-corrected chi connectivity index (χ3v) is 9.26. The summed E-state index contributed by atoms with van der Waals surface area (Å²) in [4.78, 5) is 76.1. The van der Waals surface area contributed by atoms with Gasteiger partial charge in [-0.15, -0.1) is 0 Å². The number of nitrogens with zero attached hydrogens (tertiary/aromatic N) is 2. The van der Waals surface area contributed by atoms with Crippen LogP contribution in [0.15, 0.2) is 97.1 Å². The summed E-state index contributed by atoms with van der Waals surface area (Å²) in [6.45, 7) is 4.49. The first-order valence-electron chi connectivity index (χ1n) is 18.6. The molecule has 0 saturated heterocycles. The average Bonchev–Trinajstić information content (AvgIpc) is 3.20. The number of nitrogens with one attached hydrogen (secondary N) is 1. The minimum Gasteiger partial charge on any atom is -0.478 e. The van der Waals surface area contributed by atoms with E-state index in [4.69, 9.17) is 11.5 Å². The Morgan fingerprint density at radius 2 is 1.13 bits per heavy atom. The molecule has 1 radical (unpaired) electrons. The van der Waals surface area contributed by atoms with Crippen molar-refractivity contribution in [2.24, 2.45) is 0 Å². The fraction of sp³-hybridized carbons (Fsp3) is 0.286. The number of carboxylic acids is 1. The van der Waals surface area contributed by atoms with E-state index >= 15 is 0 Å². The molecule has 2 aliphatic heterocycles. The highest BCUT2D eigenvalue weighted by molar-refractivity contribution is 6.11. The van der Waals surface area contributed by atoms with Gasteiger partial charge >= 0.3 is 5.97 Å². The Bertz CT molecular complexity index is 1990. The topological polar surface area (TPSA) is 161 Å². The number of fused-ring (bicyclic) bond motifs is 2. The molecule has 54 heavy (non-hydrogen) atoms. The normalized spacial score (nSPS) is 15.1. The van der Waals surface area contributed by atoms with E-state index in [-0.39, 0.29) is 75.1 Å². The van der Waals surface area contributed by atoms with Gasteiger partial charge in [0.2, 0.25) is 11.8 Å². The molecular weight excluding hydrogens is 685 g/mol. The summed E-state index contributed by atoms with van der Waals surface area (Å²) in [6.07, 6.45) is 5.73. The van der Waals surface area contributed by atoms with Crippen molar-refractivity contribution in [1.82, 2.24) is 15.1 Å². The van der Waals surface area contributed by atoms with Crippen LogP contribution in [0.2, 0.25) is 0 Å². The van der Waals surface area contributed by atoms with E-state index in [1.807, 2.05) is 74.5 Å². The van der Waals surface area contributed by atoms with Crippen molar-refractivity contribution in [1.29, 1.82) is 1.34 Å². The predicted octanol–water partition coefficient (Wildman–Crippen LogP) is 5.40. The van der Waals surface area contributed by atoms with E-state index in [0.29, 0.717) is 27.8 Å². The van der Waals surface area contributed by atoms with Gasteiger partial charge in [0, 0.05) is 24.1 Å². The number of carbonyl (C=O) groups excluding carboxylic acids is 5. The van der Waals surface area contributed by atoms with Crippen LogP contribution < -0.4 is 5.32 Å². The molecule has 279 valence electrons. The van der Waals surface area contributed by atoms with Crippen molar-refractivity contribution in [2.75, 3.05) is 0 Å². The standard InChI is InChI=1S/C23H24N2O3.C17H13NO4.C2H6.BH2O/c26-21-14-18-13-17(22(27)24-19-9-5-2-6-10-19)11-12-20(18)23(28)25(21)15-16-7-3-1-4-8-16;19-15-9-13-8-12(17(21)22)6-7-14(13)16(20)18(15)10-11-4-2-1-3-5-11;2*1-2/h1,3-4,7-8,11-13,19H,2,5-6,9-10,14-15H2,(H,24,27);1-8H,9-10H2,(H,21,22);1-2H3;1-2H/i;;;1T. The van der Waals surface area contributed by atoms with Crippen molar-refractivity contribution < 1.29 is 38.9 Å². The number of rotatable bonds is 7. The van der Waals surface area contributed by atoms with Crippen LogP contribution >= 0.6 is 0 Å². The Hall–Kier alpha value is -5.88. The van der Waals surface area contributed by atoms with E-state index in [1.54, 1.807) is 18.2 Å². The van der Waals surface area contributed by atoms with Crippen LogP contribution in [0.25, 0.3) is 0 Å². The van der Waals surface area contributed by atoms with Gasteiger partial charge in [-0.05, 0) is 71.5 Å². The lowest BCUT2D eigenvalue weighted by Crippen LogP contribution is -2.42. The zero-order chi connectivity index (χ0) is 39.9. The third kappa shape index (κ3) is 10.2. The molecule has 4 aromatic carbocycles. The molecule has 11 nitrogen and oxygen atoms in total. The first kappa shape index (κ1) is 39.3. The fourth-order valence-corrected chi connectivity index (χ4v) is 6.57. The summed E-state index contributed by atoms with van der Waals surface area (Å²) in [7, 11) is 0.250. The summed E-state index contributed by atoms with van der Waals surface area (Å²) in [6, 6.07) is 28.3. The monoisotopic (exact) mass is 732 g/mol. The molecule has 0 atom stereocenters. The molecule has 7 rings (SSSR count). The molecule has 3 aliphatic rings. The summed E-state index contributed by atoms with van der Waals surface area (Å²) >= 11 is 0. The highest BCUT2D eigenvalue weighted by Gasteiger charge is 2.33. The highest BCUT2D eigenvalue weighted by Crippen LogP contribution is 2.25. The minimum absolute atomic E-state index is 0.0367. The van der Waals surface area contributed by atoms with Gasteiger partial charge in [0.1, 0.15) is 0 Å². The zero-order valence-corrected chi connectivity index (χ0v) is 30.5. The van der Waals surface area contributed by atoms with E-state index in [2.05, 4.69) is 5.32 Å². The molecule has 12 heteroatoms. The lowest BCUT2D eigenvalue weighted by Gasteiger charge is -2.27. The summed E-state index contributed by atoms with van der Waals surface area (Å²) < 4.78 is 5.64. The van der Waals surface area contributed by atoms with Gasteiger partial charge in [0.15, 0.2) is 0 Å². The predicted molar refractivity (Wildman–Crippen MR) is 205 cm³/mol. The second-order valence-electron chi connectivity index (χ2n) is 12.8. The van der Waals surface area contributed by atoms with E-state index in [0.717, 1.165) is 36.8 Å². The minimum atomic E-state index is -1.07. The van der Waals surface area contributed by atoms with Crippen LogP contribution in [0.3, 0.4) is 0 Å². The first-order valence-corrected chi connectivity index (χ1v) is 18.0. The van der Waals surface area contributed by atoms with Crippen LogP contribution in [0.5, 0.6) is 0 Å². The smallest absolute Gasteiger partial charge is 0.335 e. The molecule has 0 spiro atoms. The van der Waals surface area contributed by atoms with Gasteiger partial charge < -0.3 is 15.4 Å². The molecule has 1 aliphatic carbocycles. The van der Waals surface area contributed by atoms with E-state index < -0.39 is 5.97 Å². The Morgan fingerprint density at radius 3 is 1.57 bits per heavy atom. The molecule has 3 N–H and O–H groups in total. The van der Waals surface area contributed by atoms with Crippen LogP contribution in [0.4, 0.5) is 0 Å². The number of hydrogen-bond donors (Lipinski definition) is 3. The van der Waals surface area contributed by atoms with Gasteiger partial charge in [-0.1, -0.05) is 93.8 Å². The molecule has 2 heterocycles. The van der Waals surface area contributed by atoms with Crippen molar-refractivity contribution in [3.05, 3.63) is 142 Å². The number of carbonyl (C=O) groups is 6. The average molecular weight is 733 g/mol. The molecular formula is C42H45BN3O8. The number of carboxylic acid groups (broad SMARTS) is 1. The van der Waals surface area contributed by atoms with Gasteiger partial charge in [-0.2, -0.15) is 0 Å². The maximum absolute atomic E-state index is 12.8. The number of hydrogen-bond acceptors (Lipinski definition) is 7. The Kier molecular flexibility index (Phi) is 14.4. The van der Waals surface area contributed by atoms with Crippen molar-refractivity contribution in [3.8, 4) is 0 Å². The van der Waals surface area contributed by atoms with Crippen LogP contribution in [-0.2, 0) is 35.5 Å². The summed E-state index contributed by atoms with van der Waals surface area (Å²) in [5.41, 5.74) is 4.38. The Balaban J connectivity index is 0.000000224. The number of benzene rings is 4. The van der Waals surface area contributed by atoms with E-state index in [1.165, 1.54) is 34.4 Å². The maximum Gasteiger partial charge on any atom is 0.335 e. The highest BCUT2D eigenvalue weighted by atomic mass is 16.4. The van der Waals surface area contributed by atoms with Crippen LogP contribution in [-0.4, -0.2) is 70.8 Å². The molecule has 5 amide bonds. The Morgan fingerprint density at radius 1 is 0.704 bits per heavy atom. The van der Waals surface area contributed by atoms with Crippen molar-refractivity contribution in [3.63, 3.8) is 0 Å². The summed E-state index contributed by atoms with van der Waals surface area (Å²) in [5, 5.41) is 19.2. The van der Waals surface area contributed by atoms with Gasteiger partial charge in [-0.3, -0.25) is 33.8 Å². The second kappa shape index (κ2) is 19.8. The molecule has 0 aromatic heterocycles.